The Morgan fingerprint density at radius 1 is 1.31 bits per heavy atom. The second kappa shape index (κ2) is 7.84. The van der Waals surface area contributed by atoms with Crippen molar-refractivity contribution in [3.8, 4) is 0 Å². The molecule has 0 spiro atoms. The summed E-state index contributed by atoms with van der Waals surface area (Å²) >= 11 is 6.18. The summed E-state index contributed by atoms with van der Waals surface area (Å²) in [5, 5.41) is 12.0. The van der Waals surface area contributed by atoms with Crippen LogP contribution in [0.15, 0.2) is 24.4 Å². The highest BCUT2D eigenvalue weighted by Crippen LogP contribution is 2.23. The van der Waals surface area contributed by atoms with Crippen LogP contribution in [0.5, 0.6) is 0 Å². The van der Waals surface area contributed by atoms with Crippen molar-refractivity contribution in [2.45, 2.75) is 19.5 Å². The number of fused-ring (bicyclic) bond motifs is 1. The lowest BCUT2D eigenvalue weighted by Gasteiger charge is -2.12. The number of hydrogen-bond donors (Lipinski definition) is 3. The number of aromatic nitrogens is 4. The van der Waals surface area contributed by atoms with Crippen LogP contribution in [0.2, 0.25) is 5.02 Å². The summed E-state index contributed by atoms with van der Waals surface area (Å²) < 4.78 is 14.2. The minimum atomic E-state index is -0.611. The molecule has 4 N–H and O–H groups in total. The highest BCUT2D eigenvalue weighted by atomic mass is 35.5. The summed E-state index contributed by atoms with van der Waals surface area (Å²) in [5.74, 6) is 1.01. The van der Waals surface area contributed by atoms with Gasteiger partial charge in [-0.05, 0) is 24.1 Å². The normalized spacial score (nSPS) is 12.3. The summed E-state index contributed by atoms with van der Waals surface area (Å²) in [4.78, 5) is 8.90. The number of anilines is 2. The van der Waals surface area contributed by atoms with Crippen molar-refractivity contribution < 1.29 is 4.39 Å². The molecule has 3 aromatic rings. The van der Waals surface area contributed by atoms with Crippen LogP contribution < -0.4 is 16.4 Å². The third kappa shape index (κ3) is 4.03. The van der Waals surface area contributed by atoms with Crippen LogP contribution >= 0.6 is 11.6 Å². The quantitative estimate of drug-likeness (QED) is 0.586. The molecule has 2 aromatic heterocycles. The van der Waals surface area contributed by atoms with E-state index in [9.17, 15) is 4.39 Å². The van der Waals surface area contributed by atoms with Crippen molar-refractivity contribution in [3.05, 3.63) is 40.5 Å². The van der Waals surface area contributed by atoms with Gasteiger partial charge in [-0.2, -0.15) is 15.1 Å². The van der Waals surface area contributed by atoms with Crippen molar-refractivity contribution in [1.29, 1.82) is 0 Å². The maximum absolute atomic E-state index is 12.6. The van der Waals surface area contributed by atoms with Gasteiger partial charge in [-0.25, -0.2) is 4.39 Å². The number of hydrogen-bond acceptors (Lipinski definition) is 6. The maximum Gasteiger partial charge on any atom is 0.226 e. The molecule has 0 aliphatic heterocycles. The number of aryl methyl sites for hydroxylation is 2. The lowest BCUT2D eigenvalue weighted by atomic mass is 10.1. The highest BCUT2D eigenvalue weighted by Gasteiger charge is 2.12. The van der Waals surface area contributed by atoms with E-state index in [1.807, 2.05) is 25.1 Å². The number of benzene rings is 1. The number of halogens is 2. The molecular formula is C17H21ClFN7. The average Bonchev–Trinajstić information content (AvgIpc) is 3.01. The van der Waals surface area contributed by atoms with Crippen molar-refractivity contribution >= 4 is 34.4 Å². The van der Waals surface area contributed by atoms with E-state index in [-0.39, 0.29) is 6.54 Å². The predicted octanol–water partition coefficient (Wildman–Crippen LogP) is 2.65. The number of alkyl halides is 1. The first-order valence-electron chi connectivity index (χ1n) is 8.22. The van der Waals surface area contributed by atoms with E-state index in [1.54, 1.807) is 17.9 Å². The molecule has 0 bridgehead atoms. The van der Waals surface area contributed by atoms with Gasteiger partial charge < -0.3 is 16.4 Å². The molecule has 7 nitrogen and oxygen atoms in total. The molecule has 0 saturated heterocycles. The number of nitrogens with two attached hydrogens (primary N) is 1. The van der Waals surface area contributed by atoms with E-state index in [0.29, 0.717) is 24.0 Å². The Kier molecular flexibility index (Phi) is 5.53. The fraction of sp³-hybridized carbons (Fsp3) is 0.353. The fourth-order valence-corrected chi connectivity index (χ4v) is 2.65. The Bertz CT molecular complexity index is 912. The Morgan fingerprint density at radius 2 is 2.12 bits per heavy atom. The molecule has 9 heteroatoms. The van der Waals surface area contributed by atoms with Gasteiger partial charge in [-0.3, -0.25) is 4.68 Å². The Hall–Kier alpha value is -2.45. The smallest absolute Gasteiger partial charge is 0.226 e. The zero-order valence-corrected chi connectivity index (χ0v) is 15.4. The highest BCUT2D eigenvalue weighted by molar-refractivity contribution is 6.31. The zero-order chi connectivity index (χ0) is 18.7. The maximum atomic E-state index is 12.6. The molecule has 1 aromatic carbocycles. The molecule has 26 heavy (non-hydrogen) atoms. The molecule has 0 amide bonds. The largest absolute Gasteiger partial charge is 0.365 e. The van der Waals surface area contributed by atoms with Crippen molar-refractivity contribution in [3.63, 3.8) is 0 Å². The molecule has 0 saturated carbocycles. The van der Waals surface area contributed by atoms with E-state index in [0.717, 1.165) is 21.5 Å². The number of rotatable bonds is 7. The molecule has 3 rings (SSSR count). The third-order valence-corrected chi connectivity index (χ3v) is 4.42. The van der Waals surface area contributed by atoms with Crippen LogP contribution in [-0.4, -0.2) is 39.0 Å². The molecule has 138 valence electrons. The molecule has 0 unspecified atom stereocenters. The first-order chi connectivity index (χ1) is 12.5. The SMILES string of the molecule is Cc1ccc(CNc2nc(NC[C@@H](N)CF)nc3c2cnn3C)cc1Cl. The molecule has 0 radical (unpaired) electrons. The molecule has 2 heterocycles. The topological polar surface area (TPSA) is 93.7 Å². The summed E-state index contributed by atoms with van der Waals surface area (Å²) in [6.45, 7) is 2.14. The van der Waals surface area contributed by atoms with Gasteiger partial charge in [0, 0.05) is 25.2 Å². The summed E-state index contributed by atoms with van der Waals surface area (Å²) in [7, 11) is 1.80. The van der Waals surface area contributed by atoms with E-state index in [4.69, 9.17) is 17.3 Å². The Labute approximate surface area is 155 Å². The van der Waals surface area contributed by atoms with Crippen LogP contribution in [0.25, 0.3) is 11.0 Å². The van der Waals surface area contributed by atoms with Gasteiger partial charge in [-0.1, -0.05) is 23.7 Å². The standard InChI is InChI=1S/C17H21ClFN7/c1-10-3-4-11(5-14(10)18)7-21-15-13-9-23-26(2)16(13)25-17(24-15)22-8-12(20)6-19/h3-5,9,12H,6-8,20H2,1-2H3,(H2,21,22,24,25)/t12-/m0/s1. The van der Waals surface area contributed by atoms with E-state index < -0.39 is 12.7 Å². The first-order valence-corrected chi connectivity index (χ1v) is 8.59. The lowest BCUT2D eigenvalue weighted by Crippen LogP contribution is -2.31. The molecule has 1 atom stereocenters. The average molecular weight is 378 g/mol. The third-order valence-electron chi connectivity index (χ3n) is 4.01. The van der Waals surface area contributed by atoms with Gasteiger partial charge in [0.05, 0.1) is 17.6 Å². The number of nitrogens with one attached hydrogen (secondary N) is 2. The van der Waals surface area contributed by atoms with Gasteiger partial charge in [0.2, 0.25) is 5.95 Å². The second-order valence-electron chi connectivity index (χ2n) is 6.13. The van der Waals surface area contributed by atoms with Crippen LogP contribution in [0, 0.1) is 6.92 Å². The van der Waals surface area contributed by atoms with Crippen LogP contribution in [-0.2, 0) is 13.6 Å². The monoisotopic (exact) mass is 377 g/mol. The van der Waals surface area contributed by atoms with Crippen molar-refractivity contribution in [1.82, 2.24) is 19.7 Å². The predicted molar refractivity (Wildman–Crippen MR) is 102 cm³/mol. The van der Waals surface area contributed by atoms with Crippen LogP contribution in [0.1, 0.15) is 11.1 Å². The number of nitrogens with zero attached hydrogens (tertiary/aromatic N) is 4. The van der Waals surface area contributed by atoms with Gasteiger partial charge in [0.25, 0.3) is 0 Å². The molecule has 0 fully saturated rings. The van der Waals surface area contributed by atoms with Gasteiger partial charge in [0.1, 0.15) is 12.5 Å². The van der Waals surface area contributed by atoms with Gasteiger partial charge >= 0.3 is 0 Å². The zero-order valence-electron chi connectivity index (χ0n) is 14.6. The molecular weight excluding hydrogens is 357 g/mol. The van der Waals surface area contributed by atoms with Gasteiger partial charge in [-0.15, -0.1) is 0 Å². The van der Waals surface area contributed by atoms with E-state index >= 15 is 0 Å². The van der Waals surface area contributed by atoms with Crippen molar-refractivity contribution in [2.24, 2.45) is 12.8 Å². The Morgan fingerprint density at radius 3 is 2.85 bits per heavy atom. The Balaban J connectivity index is 1.84. The second-order valence-corrected chi connectivity index (χ2v) is 6.54. The van der Waals surface area contributed by atoms with Gasteiger partial charge in [0.15, 0.2) is 5.65 Å². The summed E-state index contributed by atoms with van der Waals surface area (Å²) in [6, 6.07) is 5.30. The summed E-state index contributed by atoms with van der Waals surface area (Å²) in [5.41, 5.74) is 8.33. The van der Waals surface area contributed by atoms with Crippen LogP contribution in [0.4, 0.5) is 16.2 Å². The van der Waals surface area contributed by atoms with E-state index in [2.05, 4.69) is 25.7 Å². The molecule has 0 aliphatic carbocycles. The summed E-state index contributed by atoms with van der Waals surface area (Å²) in [6.07, 6.45) is 1.71. The minimum Gasteiger partial charge on any atom is -0.365 e. The van der Waals surface area contributed by atoms with Crippen LogP contribution in [0.3, 0.4) is 0 Å². The van der Waals surface area contributed by atoms with E-state index in [1.165, 1.54) is 0 Å². The minimum absolute atomic E-state index is 0.243. The molecule has 0 aliphatic rings. The lowest BCUT2D eigenvalue weighted by molar-refractivity contribution is 0.437. The first kappa shape index (κ1) is 18.3. The van der Waals surface area contributed by atoms with Crippen molar-refractivity contribution in [2.75, 3.05) is 23.9 Å². The fourth-order valence-electron chi connectivity index (χ4n) is 2.45.